The molecular formula is C22H30ClF3N4O3. The van der Waals surface area contributed by atoms with Crippen molar-refractivity contribution in [1.82, 2.24) is 15.1 Å². The maximum absolute atomic E-state index is 13.2. The molecule has 2 fully saturated rings. The minimum Gasteiger partial charge on any atom is -0.493 e. The quantitative estimate of drug-likeness (QED) is 0.679. The van der Waals surface area contributed by atoms with Crippen LogP contribution in [0.25, 0.3) is 0 Å². The molecule has 3 N–H and O–H groups in total. The lowest BCUT2D eigenvalue weighted by molar-refractivity contribution is -0.182. The van der Waals surface area contributed by atoms with Gasteiger partial charge in [-0.25, -0.2) is 0 Å². The van der Waals surface area contributed by atoms with Crippen LogP contribution in [0, 0.1) is 0 Å². The van der Waals surface area contributed by atoms with Crippen molar-refractivity contribution < 1.29 is 27.5 Å². The topological polar surface area (TPSA) is 87.9 Å². The van der Waals surface area contributed by atoms with Crippen LogP contribution < -0.4 is 15.8 Å². The van der Waals surface area contributed by atoms with Gasteiger partial charge in [-0.3, -0.25) is 14.5 Å². The van der Waals surface area contributed by atoms with Crippen molar-refractivity contribution in [2.24, 2.45) is 5.73 Å². The molecule has 3 aliphatic rings. The van der Waals surface area contributed by atoms with Gasteiger partial charge in [0.25, 0.3) is 0 Å². The molecule has 0 aliphatic carbocycles. The second-order valence-corrected chi connectivity index (χ2v) is 8.84. The molecule has 1 aromatic rings. The first-order valence-corrected chi connectivity index (χ1v) is 11.1. The summed E-state index contributed by atoms with van der Waals surface area (Å²) in [5.74, 6) is 0.0199. The van der Waals surface area contributed by atoms with E-state index in [9.17, 15) is 22.8 Å². The number of ether oxygens (including phenoxy) is 1. The summed E-state index contributed by atoms with van der Waals surface area (Å²) in [6, 6.07) is 3.54. The van der Waals surface area contributed by atoms with Crippen LogP contribution in [0.5, 0.6) is 5.75 Å². The van der Waals surface area contributed by atoms with Crippen LogP contribution in [0.3, 0.4) is 0 Å². The lowest BCUT2D eigenvalue weighted by Gasteiger charge is -2.40. The zero-order chi connectivity index (χ0) is 23.0. The Bertz CT molecular complexity index is 872. The second-order valence-electron chi connectivity index (χ2n) is 8.84. The number of nitrogens with one attached hydrogen (secondary N) is 1. The number of nitrogens with two attached hydrogens (primary N) is 1. The van der Waals surface area contributed by atoms with E-state index in [1.54, 1.807) is 0 Å². The number of fused-ring (bicyclic) bond motifs is 2. The number of carbonyl (C=O) groups excluding carboxylic acids is 2. The summed E-state index contributed by atoms with van der Waals surface area (Å²) in [6.45, 7) is 1.55. The molecule has 4 rings (SSSR count). The number of alkyl halides is 3. The third kappa shape index (κ3) is 5.22. The number of rotatable bonds is 3. The SMILES string of the molecule is C[C@H](N1CC[C@H]2CC[C@@H](C(=O)N[C@@H]3CCOc4ccccc43)N2C(=O)[C@@H](N)C1)C(F)(F)F.Cl. The molecule has 0 unspecified atom stereocenters. The first-order chi connectivity index (χ1) is 15.2. The standard InChI is InChI=1S/C22H29F3N4O3.ClH/c1-13(22(23,24)25)28-10-8-14-6-7-18(29(14)21(31)16(26)12-28)20(30)27-17-9-11-32-19-5-3-2-4-15(17)19;/h2-5,13-14,16-18H,6-12,26H2,1H3,(H,27,30);1H/t13-,14+,16-,17+,18-;/m0./s1. The molecule has 3 heterocycles. The van der Waals surface area contributed by atoms with Crippen LogP contribution >= 0.6 is 12.4 Å². The lowest BCUT2D eigenvalue weighted by Crippen LogP contribution is -2.60. The van der Waals surface area contributed by atoms with Crippen molar-refractivity contribution in [3.63, 3.8) is 0 Å². The van der Waals surface area contributed by atoms with Gasteiger partial charge in [-0.1, -0.05) is 18.2 Å². The van der Waals surface area contributed by atoms with Crippen LogP contribution in [0.15, 0.2) is 24.3 Å². The summed E-state index contributed by atoms with van der Waals surface area (Å²) in [5, 5.41) is 3.06. The average molecular weight is 491 g/mol. The van der Waals surface area contributed by atoms with E-state index in [4.69, 9.17) is 10.5 Å². The van der Waals surface area contributed by atoms with E-state index in [0.29, 0.717) is 32.3 Å². The molecule has 0 radical (unpaired) electrons. The Labute approximate surface area is 197 Å². The number of hydrogen-bond acceptors (Lipinski definition) is 5. The van der Waals surface area contributed by atoms with Crippen LogP contribution in [-0.2, 0) is 9.59 Å². The molecule has 2 saturated heterocycles. The molecule has 5 atom stereocenters. The van der Waals surface area contributed by atoms with Crippen molar-refractivity contribution in [3.8, 4) is 5.75 Å². The Hall–Kier alpha value is -2.04. The fourth-order valence-electron chi connectivity index (χ4n) is 5.00. The molecule has 1 aromatic carbocycles. The highest BCUT2D eigenvalue weighted by Gasteiger charge is 2.47. The Kier molecular flexibility index (Phi) is 7.80. The molecule has 2 amide bonds. The number of amides is 2. The first kappa shape index (κ1) is 25.6. The molecule has 184 valence electrons. The van der Waals surface area contributed by atoms with Gasteiger partial charge in [-0.15, -0.1) is 12.4 Å². The van der Waals surface area contributed by atoms with E-state index >= 15 is 0 Å². The predicted molar refractivity (Wildman–Crippen MR) is 118 cm³/mol. The fourth-order valence-corrected chi connectivity index (χ4v) is 5.00. The number of hydrogen-bond donors (Lipinski definition) is 2. The van der Waals surface area contributed by atoms with Gasteiger partial charge in [0, 0.05) is 31.1 Å². The van der Waals surface area contributed by atoms with Crippen molar-refractivity contribution in [1.29, 1.82) is 0 Å². The summed E-state index contributed by atoms with van der Waals surface area (Å²) >= 11 is 0. The molecule has 7 nitrogen and oxygen atoms in total. The highest BCUT2D eigenvalue weighted by atomic mass is 35.5. The number of carbonyl (C=O) groups is 2. The van der Waals surface area contributed by atoms with E-state index < -0.39 is 30.2 Å². The first-order valence-electron chi connectivity index (χ1n) is 11.1. The molecular weight excluding hydrogens is 461 g/mol. The fraction of sp³-hybridized carbons (Fsp3) is 0.636. The molecule has 3 aliphatic heterocycles. The maximum Gasteiger partial charge on any atom is 0.403 e. The van der Waals surface area contributed by atoms with Gasteiger partial charge in [-0.05, 0) is 32.3 Å². The zero-order valence-electron chi connectivity index (χ0n) is 18.4. The smallest absolute Gasteiger partial charge is 0.403 e. The van der Waals surface area contributed by atoms with Crippen LogP contribution in [0.1, 0.15) is 44.2 Å². The van der Waals surface area contributed by atoms with Crippen molar-refractivity contribution in [3.05, 3.63) is 29.8 Å². The Balaban J connectivity index is 0.00000306. The largest absolute Gasteiger partial charge is 0.493 e. The average Bonchev–Trinajstić information content (AvgIpc) is 3.17. The Morgan fingerprint density at radius 2 is 1.94 bits per heavy atom. The summed E-state index contributed by atoms with van der Waals surface area (Å²) in [7, 11) is 0. The molecule has 0 saturated carbocycles. The van der Waals surface area contributed by atoms with Gasteiger partial charge < -0.3 is 20.7 Å². The minimum atomic E-state index is -4.39. The second kappa shape index (κ2) is 10.1. The van der Waals surface area contributed by atoms with E-state index in [-0.39, 0.29) is 43.5 Å². The number of nitrogens with zero attached hydrogens (tertiary/aromatic N) is 2. The van der Waals surface area contributed by atoms with E-state index in [0.717, 1.165) is 18.2 Å². The van der Waals surface area contributed by atoms with Crippen LogP contribution in [0.2, 0.25) is 0 Å². The van der Waals surface area contributed by atoms with Crippen LogP contribution in [0.4, 0.5) is 13.2 Å². The van der Waals surface area contributed by atoms with Gasteiger partial charge in [-0.2, -0.15) is 13.2 Å². The molecule has 11 heteroatoms. The molecule has 0 aromatic heterocycles. The molecule has 0 bridgehead atoms. The molecule has 33 heavy (non-hydrogen) atoms. The summed E-state index contributed by atoms with van der Waals surface area (Å²) < 4.78 is 45.3. The minimum absolute atomic E-state index is 0. The highest BCUT2D eigenvalue weighted by Crippen LogP contribution is 2.34. The van der Waals surface area contributed by atoms with Gasteiger partial charge in [0.2, 0.25) is 11.8 Å². The number of benzene rings is 1. The Morgan fingerprint density at radius 3 is 2.67 bits per heavy atom. The van der Waals surface area contributed by atoms with Crippen molar-refractivity contribution in [2.45, 2.75) is 69.0 Å². The highest BCUT2D eigenvalue weighted by molar-refractivity contribution is 5.91. The third-order valence-electron chi connectivity index (χ3n) is 6.85. The Morgan fingerprint density at radius 1 is 1.21 bits per heavy atom. The predicted octanol–water partition coefficient (Wildman–Crippen LogP) is 2.39. The van der Waals surface area contributed by atoms with Crippen molar-refractivity contribution >= 4 is 24.2 Å². The van der Waals surface area contributed by atoms with Gasteiger partial charge in [0.05, 0.1) is 18.7 Å². The number of halogens is 4. The van der Waals surface area contributed by atoms with Gasteiger partial charge >= 0.3 is 6.18 Å². The van der Waals surface area contributed by atoms with E-state index in [1.807, 2.05) is 24.3 Å². The summed E-state index contributed by atoms with van der Waals surface area (Å²) in [4.78, 5) is 29.0. The van der Waals surface area contributed by atoms with E-state index in [2.05, 4.69) is 5.32 Å². The van der Waals surface area contributed by atoms with Gasteiger partial charge in [0.1, 0.15) is 17.8 Å². The van der Waals surface area contributed by atoms with Crippen molar-refractivity contribution in [2.75, 3.05) is 19.7 Å². The normalized spacial score (nSPS) is 29.0. The third-order valence-corrected chi connectivity index (χ3v) is 6.85. The van der Waals surface area contributed by atoms with Crippen LogP contribution in [-0.4, -0.2) is 71.7 Å². The molecule has 0 spiro atoms. The maximum atomic E-state index is 13.2. The monoisotopic (exact) mass is 490 g/mol. The van der Waals surface area contributed by atoms with E-state index in [1.165, 1.54) is 9.80 Å². The summed E-state index contributed by atoms with van der Waals surface area (Å²) in [5.41, 5.74) is 6.93. The zero-order valence-corrected chi connectivity index (χ0v) is 19.2. The number of para-hydroxylation sites is 1. The van der Waals surface area contributed by atoms with Gasteiger partial charge in [0.15, 0.2) is 0 Å². The summed E-state index contributed by atoms with van der Waals surface area (Å²) in [6.07, 6.45) is -2.36. The lowest BCUT2D eigenvalue weighted by atomic mass is 10.00.